The highest BCUT2D eigenvalue weighted by Gasteiger charge is 2.60. The molecular weight excluding hydrogens is 236 g/mol. The number of halogens is 1. The van der Waals surface area contributed by atoms with Gasteiger partial charge in [0, 0.05) is 24.0 Å². The number of nitrogens with two attached hydrogens (primary N) is 1. The molecule has 2 aliphatic rings. The van der Waals surface area contributed by atoms with Crippen LogP contribution in [0.4, 0.5) is 0 Å². The van der Waals surface area contributed by atoms with Crippen molar-refractivity contribution in [1.82, 2.24) is 4.90 Å². The number of fused-ring (bicyclic) bond motifs is 1. The first kappa shape index (κ1) is 11.1. The second-order valence-electron chi connectivity index (χ2n) is 4.90. The molecular formula is C13H15ClN2O. The average molecular weight is 251 g/mol. The van der Waals surface area contributed by atoms with Gasteiger partial charge in [-0.2, -0.15) is 0 Å². The number of hydrogen-bond donors (Lipinski definition) is 1. The van der Waals surface area contributed by atoms with Gasteiger partial charge in [-0.25, -0.2) is 0 Å². The minimum Gasteiger partial charge on any atom is -0.338 e. The van der Waals surface area contributed by atoms with Crippen LogP contribution >= 0.6 is 11.6 Å². The highest BCUT2D eigenvalue weighted by Crippen LogP contribution is 2.52. The van der Waals surface area contributed by atoms with E-state index in [9.17, 15) is 4.79 Å². The van der Waals surface area contributed by atoms with E-state index in [1.54, 1.807) is 0 Å². The molecule has 0 spiro atoms. The van der Waals surface area contributed by atoms with Gasteiger partial charge in [0.1, 0.15) is 0 Å². The zero-order chi connectivity index (χ0) is 12.0. The molecule has 0 radical (unpaired) electrons. The van der Waals surface area contributed by atoms with Crippen LogP contribution in [-0.4, -0.2) is 23.9 Å². The third kappa shape index (κ3) is 1.74. The standard InChI is InChI=1S/C13H15ClN2O/c14-11-4-2-1-3-8(11)6-16-7-10-9(5-15)12(10)13(16)17/h1-4,9-10,12H,5-7,15H2. The summed E-state index contributed by atoms with van der Waals surface area (Å²) in [7, 11) is 0. The van der Waals surface area contributed by atoms with E-state index in [1.165, 1.54) is 0 Å². The van der Waals surface area contributed by atoms with E-state index < -0.39 is 0 Å². The number of piperidine rings is 1. The summed E-state index contributed by atoms with van der Waals surface area (Å²) in [6, 6.07) is 7.69. The SMILES string of the molecule is NCC1C2CN(Cc3ccccc3Cl)C(=O)C12. The lowest BCUT2D eigenvalue weighted by atomic mass is 10.2. The Bertz CT molecular complexity index is 462. The minimum atomic E-state index is 0.197. The van der Waals surface area contributed by atoms with E-state index in [4.69, 9.17) is 17.3 Å². The molecule has 1 aliphatic carbocycles. The largest absolute Gasteiger partial charge is 0.338 e. The summed E-state index contributed by atoms with van der Waals surface area (Å²) in [5, 5.41) is 0.733. The smallest absolute Gasteiger partial charge is 0.226 e. The number of amides is 1. The van der Waals surface area contributed by atoms with Gasteiger partial charge in [0.25, 0.3) is 0 Å². The van der Waals surface area contributed by atoms with E-state index in [-0.39, 0.29) is 11.8 Å². The zero-order valence-corrected chi connectivity index (χ0v) is 10.2. The molecule has 1 heterocycles. The Morgan fingerprint density at radius 1 is 1.41 bits per heavy atom. The first-order chi connectivity index (χ1) is 8.22. The molecule has 2 N–H and O–H groups in total. The third-order valence-corrected chi connectivity index (χ3v) is 4.32. The first-order valence-electron chi connectivity index (χ1n) is 5.94. The van der Waals surface area contributed by atoms with Gasteiger partial charge in [0.2, 0.25) is 5.91 Å². The van der Waals surface area contributed by atoms with Crippen molar-refractivity contribution >= 4 is 17.5 Å². The molecule has 1 saturated heterocycles. The van der Waals surface area contributed by atoms with Crippen LogP contribution < -0.4 is 5.73 Å². The molecule has 4 heteroatoms. The summed E-state index contributed by atoms with van der Waals surface area (Å²) >= 11 is 6.10. The molecule has 1 saturated carbocycles. The fourth-order valence-corrected chi connectivity index (χ4v) is 3.11. The van der Waals surface area contributed by atoms with E-state index in [2.05, 4.69) is 0 Å². The van der Waals surface area contributed by atoms with Gasteiger partial charge in [-0.3, -0.25) is 4.79 Å². The number of likely N-dealkylation sites (tertiary alicyclic amines) is 1. The maximum Gasteiger partial charge on any atom is 0.226 e. The number of carbonyl (C=O) groups excluding carboxylic acids is 1. The fraction of sp³-hybridized carbons (Fsp3) is 0.462. The van der Waals surface area contributed by atoms with Crippen molar-refractivity contribution in [3.8, 4) is 0 Å². The molecule has 3 unspecified atom stereocenters. The molecule has 90 valence electrons. The predicted octanol–water partition coefficient (Wildman–Crippen LogP) is 1.50. The lowest BCUT2D eigenvalue weighted by molar-refractivity contribution is -0.131. The molecule has 17 heavy (non-hydrogen) atoms. The quantitative estimate of drug-likeness (QED) is 0.884. The molecule has 3 nitrogen and oxygen atoms in total. The molecule has 1 aliphatic heterocycles. The van der Waals surface area contributed by atoms with Crippen molar-refractivity contribution in [2.45, 2.75) is 6.54 Å². The topological polar surface area (TPSA) is 46.3 Å². The van der Waals surface area contributed by atoms with Crippen molar-refractivity contribution in [3.05, 3.63) is 34.9 Å². The van der Waals surface area contributed by atoms with E-state index in [0.717, 1.165) is 17.1 Å². The van der Waals surface area contributed by atoms with E-state index in [0.29, 0.717) is 24.9 Å². The molecule has 0 bridgehead atoms. The van der Waals surface area contributed by atoms with Crippen molar-refractivity contribution in [2.24, 2.45) is 23.5 Å². The number of hydrogen-bond acceptors (Lipinski definition) is 2. The highest BCUT2D eigenvalue weighted by atomic mass is 35.5. The summed E-state index contributed by atoms with van der Waals surface area (Å²) in [4.78, 5) is 14.0. The Hall–Kier alpha value is -1.06. The maximum atomic E-state index is 12.1. The van der Waals surface area contributed by atoms with Gasteiger partial charge >= 0.3 is 0 Å². The minimum absolute atomic E-state index is 0.197. The Morgan fingerprint density at radius 3 is 2.76 bits per heavy atom. The van der Waals surface area contributed by atoms with Crippen LogP contribution in [0.1, 0.15) is 5.56 Å². The predicted molar refractivity (Wildman–Crippen MR) is 66.4 cm³/mol. The van der Waals surface area contributed by atoms with Crippen LogP contribution in [0.5, 0.6) is 0 Å². The molecule has 1 amide bonds. The van der Waals surface area contributed by atoms with Crippen LogP contribution in [0.15, 0.2) is 24.3 Å². The fourth-order valence-electron chi connectivity index (χ4n) is 2.91. The summed E-state index contributed by atoms with van der Waals surface area (Å²) in [5.41, 5.74) is 6.64. The lowest BCUT2D eigenvalue weighted by Gasteiger charge is -2.20. The molecule has 3 rings (SSSR count). The van der Waals surface area contributed by atoms with Gasteiger partial charge in [-0.15, -0.1) is 0 Å². The Balaban J connectivity index is 1.69. The average Bonchev–Trinajstić information content (AvgIpc) is 2.94. The van der Waals surface area contributed by atoms with Gasteiger partial charge < -0.3 is 10.6 Å². The molecule has 0 aromatic heterocycles. The summed E-state index contributed by atoms with van der Waals surface area (Å²) in [6.45, 7) is 2.11. The van der Waals surface area contributed by atoms with Crippen molar-refractivity contribution in [1.29, 1.82) is 0 Å². The number of benzene rings is 1. The second-order valence-corrected chi connectivity index (χ2v) is 5.31. The Kier molecular flexibility index (Phi) is 2.60. The summed E-state index contributed by atoms with van der Waals surface area (Å²) in [5.74, 6) is 1.38. The number of nitrogens with zero attached hydrogens (tertiary/aromatic N) is 1. The van der Waals surface area contributed by atoms with Crippen LogP contribution in [0, 0.1) is 17.8 Å². The zero-order valence-electron chi connectivity index (χ0n) is 9.47. The van der Waals surface area contributed by atoms with Crippen LogP contribution in [-0.2, 0) is 11.3 Å². The summed E-state index contributed by atoms with van der Waals surface area (Å²) in [6.07, 6.45) is 0. The third-order valence-electron chi connectivity index (χ3n) is 3.95. The van der Waals surface area contributed by atoms with Crippen LogP contribution in [0.3, 0.4) is 0 Å². The van der Waals surface area contributed by atoms with Gasteiger partial charge in [0.15, 0.2) is 0 Å². The summed E-state index contributed by atoms with van der Waals surface area (Å²) < 4.78 is 0. The van der Waals surface area contributed by atoms with E-state index >= 15 is 0 Å². The van der Waals surface area contributed by atoms with Crippen LogP contribution in [0.2, 0.25) is 5.02 Å². The van der Waals surface area contributed by atoms with E-state index in [1.807, 2.05) is 29.2 Å². The van der Waals surface area contributed by atoms with Gasteiger partial charge in [-0.1, -0.05) is 29.8 Å². The Labute approximate surface area is 106 Å². The van der Waals surface area contributed by atoms with Crippen molar-refractivity contribution in [3.63, 3.8) is 0 Å². The normalized spacial score (nSPS) is 30.6. The van der Waals surface area contributed by atoms with Crippen LogP contribution in [0.25, 0.3) is 0 Å². The highest BCUT2D eigenvalue weighted by molar-refractivity contribution is 6.31. The van der Waals surface area contributed by atoms with Gasteiger partial charge in [-0.05, 0) is 30.0 Å². The first-order valence-corrected chi connectivity index (χ1v) is 6.32. The Morgan fingerprint density at radius 2 is 2.18 bits per heavy atom. The number of carbonyl (C=O) groups is 1. The monoisotopic (exact) mass is 250 g/mol. The van der Waals surface area contributed by atoms with Crippen molar-refractivity contribution < 1.29 is 4.79 Å². The molecule has 3 atom stereocenters. The van der Waals surface area contributed by atoms with Gasteiger partial charge in [0.05, 0.1) is 0 Å². The van der Waals surface area contributed by atoms with Crippen molar-refractivity contribution in [2.75, 3.05) is 13.1 Å². The maximum absolute atomic E-state index is 12.1. The number of rotatable bonds is 3. The molecule has 2 fully saturated rings. The molecule has 1 aromatic carbocycles. The molecule has 1 aromatic rings. The lowest BCUT2D eigenvalue weighted by Crippen LogP contribution is -2.30. The second kappa shape index (κ2) is 4.00.